The van der Waals surface area contributed by atoms with E-state index in [4.69, 9.17) is 5.11 Å². The lowest BCUT2D eigenvalue weighted by Gasteiger charge is -2.12. The van der Waals surface area contributed by atoms with Crippen molar-refractivity contribution in [3.63, 3.8) is 0 Å². The molecular weight excluding hydrogens is 308 g/mol. The number of thiophene rings is 1. The van der Waals surface area contributed by atoms with Crippen molar-refractivity contribution in [3.05, 3.63) is 39.8 Å². The largest absolute Gasteiger partial charge is 0.390 e. The van der Waals surface area contributed by atoms with Gasteiger partial charge in [0.05, 0.1) is 11.5 Å². The number of aliphatic hydroxyl groups is 1. The molecule has 0 radical (unpaired) electrons. The third kappa shape index (κ3) is 3.94. The highest BCUT2D eigenvalue weighted by Crippen LogP contribution is 2.18. The average molecular weight is 328 g/mol. The summed E-state index contributed by atoms with van der Waals surface area (Å²) in [6, 6.07) is 5.36. The lowest BCUT2D eigenvalue weighted by atomic mass is 10.2. The molecule has 1 unspecified atom stereocenters. The van der Waals surface area contributed by atoms with Gasteiger partial charge in [0.25, 0.3) is 0 Å². The van der Waals surface area contributed by atoms with E-state index in [9.17, 15) is 8.42 Å². The van der Waals surface area contributed by atoms with Crippen molar-refractivity contribution >= 4 is 21.4 Å². The quantitative estimate of drug-likeness (QED) is 0.849. The zero-order chi connectivity index (χ0) is 15.6. The molecular formula is C14H20N2O3S2. The molecule has 2 rings (SSSR count). The van der Waals surface area contributed by atoms with E-state index in [1.54, 1.807) is 23.0 Å². The highest BCUT2D eigenvalue weighted by Gasteiger charge is 2.20. The van der Waals surface area contributed by atoms with Gasteiger partial charge in [-0.15, -0.1) is 11.3 Å². The van der Waals surface area contributed by atoms with Crippen LogP contribution >= 0.6 is 11.3 Å². The molecule has 2 heterocycles. The lowest BCUT2D eigenvalue weighted by Crippen LogP contribution is -2.33. The van der Waals surface area contributed by atoms with Crippen LogP contribution in [-0.2, 0) is 30.1 Å². The molecule has 0 spiro atoms. The third-order valence-electron chi connectivity index (χ3n) is 3.21. The molecule has 0 aliphatic heterocycles. The van der Waals surface area contributed by atoms with Gasteiger partial charge in [0, 0.05) is 34.7 Å². The van der Waals surface area contributed by atoms with E-state index in [2.05, 4.69) is 4.72 Å². The van der Waals surface area contributed by atoms with Crippen LogP contribution in [0.1, 0.15) is 22.4 Å². The Bertz CT molecular complexity index is 716. The molecule has 2 aromatic heterocycles. The van der Waals surface area contributed by atoms with Crippen LogP contribution in [0.4, 0.5) is 0 Å². The Labute approximate surface area is 129 Å². The molecule has 0 saturated carbocycles. The van der Waals surface area contributed by atoms with Crippen LogP contribution < -0.4 is 4.72 Å². The molecule has 0 amide bonds. The molecule has 1 atom stereocenters. The number of nitrogens with zero attached hydrogens (tertiary/aromatic N) is 1. The number of rotatable bonds is 6. The van der Waals surface area contributed by atoms with Gasteiger partial charge in [0.15, 0.2) is 0 Å². The predicted molar refractivity (Wildman–Crippen MR) is 83.9 cm³/mol. The van der Waals surface area contributed by atoms with Gasteiger partial charge < -0.3 is 9.67 Å². The number of sulfonamides is 1. The van der Waals surface area contributed by atoms with E-state index in [1.807, 2.05) is 26.0 Å². The van der Waals surface area contributed by atoms with Gasteiger partial charge in [-0.2, -0.15) is 0 Å². The number of nitrogens with one attached hydrogen (secondary N) is 1. The SMILES string of the molecule is Cc1ccc(CC(C)NS(=O)(=O)c2cc(CO)n(C)c2)s1. The smallest absolute Gasteiger partial charge is 0.242 e. The minimum absolute atomic E-state index is 0.184. The highest BCUT2D eigenvalue weighted by atomic mass is 32.2. The molecule has 116 valence electrons. The van der Waals surface area contributed by atoms with Crippen LogP contribution in [0.2, 0.25) is 0 Å². The van der Waals surface area contributed by atoms with Gasteiger partial charge in [-0.25, -0.2) is 13.1 Å². The molecule has 7 heteroatoms. The van der Waals surface area contributed by atoms with Gasteiger partial charge in [-0.05, 0) is 38.5 Å². The summed E-state index contributed by atoms with van der Waals surface area (Å²) in [7, 11) is -1.85. The first kappa shape index (κ1) is 16.2. The molecule has 0 saturated heterocycles. The van der Waals surface area contributed by atoms with Crippen LogP contribution in [-0.4, -0.2) is 24.1 Å². The summed E-state index contributed by atoms with van der Waals surface area (Å²) < 4.78 is 28.9. The Kier molecular flexibility index (Phi) is 4.88. The minimum Gasteiger partial charge on any atom is -0.390 e. The van der Waals surface area contributed by atoms with Crippen molar-refractivity contribution in [1.29, 1.82) is 0 Å². The maximum Gasteiger partial charge on any atom is 0.242 e. The summed E-state index contributed by atoms with van der Waals surface area (Å²) in [4.78, 5) is 2.56. The molecule has 5 nitrogen and oxygen atoms in total. The fourth-order valence-corrected chi connectivity index (χ4v) is 4.51. The summed E-state index contributed by atoms with van der Waals surface area (Å²) in [6.45, 7) is 3.70. The summed E-state index contributed by atoms with van der Waals surface area (Å²) in [5.41, 5.74) is 0.567. The second kappa shape index (κ2) is 6.31. The molecule has 2 N–H and O–H groups in total. The number of aliphatic hydroxyl groups excluding tert-OH is 1. The Morgan fingerprint density at radius 2 is 2.14 bits per heavy atom. The van der Waals surface area contributed by atoms with Gasteiger partial charge in [-0.1, -0.05) is 0 Å². The van der Waals surface area contributed by atoms with E-state index in [0.29, 0.717) is 12.1 Å². The fourth-order valence-electron chi connectivity index (χ4n) is 2.15. The first-order chi connectivity index (χ1) is 9.81. The van der Waals surface area contributed by atoms with Crippen molar-refractivity contribution in [2.75, 3.05) is 0 Å². The van der Waals surface area contributed by atoms with E-state index in [1.165, 1.54) is 17.1 Å². The standard InChI is InChI=1S/C14H20N2O3S2/c1-10(6-13-5-4-11(2)20-13)15-21(18,19)14-7-12(9-17)16(3)8-14/h4-5,7-8,10,15,17H,6,9H2,1-3H3. The van der Waals surface area contributed by atoms with E-state index in [0.717, 1.165) is 4.88 Å². The topological polar surface area (TPSA) is 71.3 Å². The van der Waals surface area contributed by atoms with Gasteiger partial charge in [0.2, 0.25) is 10.0 Å². The first-order valence-electron chi connectivity index (χ1n) is 6.65. The number of hydrogen-bond donors (Lipinski definition) is 2. The summed E-state index contributed by atoms with van der Waals surface area (Å²) in [6.07, 6.45) is 2.17. The summed E-state index contributed by atoms with van der Waals surface area (Å²) >= 11 is 1.68. The molecule has 0 bridgehead atoms. The Morgan fingerprint density at radius 1 is 1.43 bits per heavy atom. The first-order valence-corrected chi connectivity index (χ1v) is 8.95. The minimum atomic E-state index is -3.56. The highest BCUT2D eigenvalue weighted by molar-refractivity contribution is 7.89. The van der Waals surface area contributed by atoms with Crippen molar-refractivity contribution < 1.29 is 13.5 Å². The predicted octanol–water partition coefficient (Wildman–Crippen LogP) is 1.80. The van der Waals surface area contributed by atoms with E-state index < -0.39 is 10.0 Å². The van der Waals surface area contributed by atoms with Gasteiger partial charge in [-0.3, -0.25) is 0 Å². The van der Waals surface area contributed by atoms with Gasteiger partial charge >= 0.3 is 0 Å². The maximum atomic E-state index is 12.3. The number of aromatic nitrogens is 1. The van der Waals surface area contributed by atoms with Crippen molar-refractivity contribution in [1.82, 2.24) is 9.29 Å². The molecule has 0 fully saturated rings. The van der Waals surface area contributed by atoms with Crippen molar-refractivity contribution in [2.24, 2.45) is 7.05 Å². The third-order valence-corrected chi connectivity index (χ3v) is 5.79. The molecule has 2 aromatic rings. The van der Waals surface area contributed by atoms with Crippen LogP contribution in [0.15, 0.2) is 29.3 Å². The average Bonchev–Trinajstić information content (AvgIpc) is 2.95. The molecule has 0 aliphatic carbocycles. The van der Waals surface area contributed by atoms with Crippen molar-refractivity contribution in [3.8, 4) is 0 Å². The monoisotopic (exact) mass is 328 g/mol. The second-order valence-electron chi connectivity index (χ2n) is 5.17. The Morgan fingerprint density at radius 3 is 2.67 bits per heavy atom. The second-order valence-corrected chi connectivity index (χ2v) is 8.26. The van der Waals surface area contributed by atoms with Gasteiger partial charge in [0.1, 0.15) is 0 Å². The zero-order valence-electron chi connectivity index (χ0n) is 12.3. The van der Waals surface area contributed by atoms with Crippen molar-refractivity contribution in [2.45, 2.75) is 37.8 Å². The Hall–Kier alpha value is -1.15. The zero-order valence-corrected chi connectivity index (χ0v) is 14.0. The molecule has 0 aliphatic rings. The van der Waals surface area contributed by atoms with Crippen LogP contribution in [0, 0.1) is 6.92 Å². The Balaban J connectivity index is 2.09. The summed E-state index contributed by atoms with van der Waals surface area (Å²) in [5, 5.41) is 9.14. The normalized spacial score (nSPS) is 13.5. The molecule has 21 heavy (non-hydrogen) atoms. The number of hydrogen-bond acceptors (Lipinski definition) is 4. The van der Waals surface area contributed by atoms with E-state index in [-0.39, 0.29) is 17.5 Å². The van der Waals surface area contributed by atoms with E-state index >= 15 is 0 Å². The fraction of sp³-hybridized carbons (Fsp3) is 0.429. The van der Waals surface area contributed by atoms with Crippen LogP contribution in [0.3, 0.4) is 0 Å². The maximum absolute atomic E-state index is 12.3. The summed E-state index contributed by atoms with van der Waals surface area (Å²) in [5.74, 6) is 0. The number of aryl methyl sites for hydroxylation is 2. The van der Waals surface area contributed by atoms with Crippen LogP contribution in [0.25, 0.3) is 0 Å². The molecule has 0 aromatic carbocycles. The lowest BCUT2D eigenvalue weighted by molar-refractivity contribution is 0.272. The van der Waals surface area contributed by atoms with Crippen LogP contribution in [0.5, 0.6) is 0 Å².